The van der Waals surface area contributed by atoms with Crippen molar-refractivity contribution >= 4 is 23.4 Å². The van der Waals surface area contributed by atoms with Gasteiger partial charge in [-0.25, -0.2) is 4.68 Å². The Morgan fingerprint density at radius 2 is 2.09 bits per heavy atom. The fourth-order valence-electron chi connectivity index (χ4n) is 1.80. The molecular formula is C13H13ClN6OS. The number of halogens is 1. The third-order valence-corrected chi connectivity index (χ3v) is 4.27. The molecule has 0 aliphatic carbocycles. The van der Waals surface area contributed by atoms with Gasteiger partial charge in [-0.3, -0.25) is 0 Å². The molecule has 0 aliphatic rings. The van der Waals surface area contributed by atoms with Crippen LogP contribution in [-0.2, 0) is 13.5 Å². The number of hydrogen-bond acceptors (Lipinski definition) is 7. The molecule has 0 aliphatic heterocycles. The summed E-state index contributed by atoms with van der Waals surface area (Å²) in [5, 5.41) is 16.8. The number of benzene rings is 1. The number of nitrogens with zero attached hydrogens (tertiary/aromatic N) is 6. The van der Waals surface area contributed by atoms with E-state index in [1.54, 1.807) is 28.6 Å². The van der Waals surface area contributed by atoms with Gasteiger partial charge in [0.25, 0.3) is 0 Å². The average molecular weight is 337 g/mol. The smallest absolute Gasteiger partial charge is 0.226 e. The number of aromatic nitrogens is 6. The number of thioether (sulfide) groups is 1. The van der Waals surface area contributed by atoms with Crippen LogP contribution in [0.15, 0.2) is 33.9 Å². The van der Waals surface area contributed by atoms with E-state index in [1.165, 1.54) is 0 Å². The van der Waals surface area contributed by atoms with Gasteiger partial charge in [0.1, 0.15) is 0 Å². The van der Waals surface area contributed by atoms with Gasteiger partial charge < -0.3 is 4.52 Å². The van der Waals surface area contributed by atoms with E-state index in [0.29, 0.717) is 16.7 Å². The molecule has 22 heavy (non-hydrogen) atoms. The van der Waals surface area contributed by atoms with E-state index >= 15 is 0 Å². The molecule has 9 heteroatoms. The van der Waals surface area contributed by atoms with Crippen molar-refractivity contribution in [2.75, 3.05) is 5.75 Å². The second kappa shape index (κ2) is 6.89. The predicted octanol–water partition coefficient (Wildman–Crippen LogP) is 2.64. The van der Waals surface area contributed by atoms with Crippen LogP contribution in [0, 0.1) is 0 Å². The lowest BCUT2D eigenvalue weighted by atomic mass is 10.2. The molecule has 114 valence electrons. The largest absolute Gasteiger partial charge is 0.339 e. The maximum atomic E-state index is 5.86. The van der Waals surface area contributed by atoms with Crippen LogP contribution in [0.5, 0.6) is 0 Å². The number of hydrogen-bond donors (Lipinski definition) is 0. The molecule has 1 aromatic carbocycles. The van der Waals surface area contributed by atoms with Crippen molar-refractivity contribution in [2.24, 2.45) is 7.05 Å². The van der Waals surface area contributed by atoms with Crippen LogP contribution in [0.25, 0.3) is 11.4 Å². The summed E-state index contributed by atoms with van der Waals surface area (Å²) in [4.78, 5) is 4.39. The van der Waals surface area contributed by atoms with Gasteiger partial charge in [-0.05, 0) is 41.1 Å². The summed E-state index contributed by atoms with van der Waals surface area (Å²) >= 11 is 7.46. The summed E-state index contributed by atoms with van der Waals surface area (Å²) in [6, 6.07) is 7.35. The molecule has 3 rings (SSSR count). The average Bonchev–Trinajstić information content (AvgIpc) is 3.14. The predicted molar refractivity (Wildman–Crippen MR) is 82.6 cm³/mol. The van der Waals surface area contributed by atoms with Crippen LogP contribution in [0.2, 0.25) is 5.02 Å². The van der Waals surface area contributed by atoms with Crippen molar-refractivity contribution in [3.63, 3.8) is 0 Å². The van der Waals surface area contributed by atoms with Gasteiger partial charge in [-0.2, -0.15) is 4.98 Å². The Kier molecular flexibility index (Phi) is 4.69. The molecule has 0 N–H and O–H groups in total. The quantitative estimate of drug-likeness (QED) is 0.505. The minimum Gasteiger partial charge on any atom is -0.339 e. The van der Waals surface area contributed by atoms with Crippen molar-refractivity contribution in [1.82, 2.24) is 30.3 Å². The number of rotatable bonds is 6. The first-order valence-corrected chi connectivity index (χ1v) is 8.02. The van der Waals surface area contributed by atoms with Crippen LogP contribution in [0.3, 0.4) is 0 Å². The van der Waals surface area contributed by atoms with Crippen LogP contribution in [0.4, 0.5) is 0 Å². The zero-order chi connectivity index (χ0) is 15.4. The third-order valence-electron chi connectivity index (χ3n) is 2.92. The van der Waals surface area contributed by atoms with Crippen molar-refractivity contribution in [3.05, 3.63) is 35.2 Å². The van der Waals surface area contributed by atoms with E-state index in [2.05, 4.69) is 25.7 Å². The van der Waals surface area contributed by atoms with Crippen LogP contribution in [0.1, 0.15) is 12.3 Å². The zero-order valence-corrected chi connectivity index (χ0v) is 13.4. The first kappa shape index (κ1) is 15.0. The lowest BCUT2D eigenvalue weighted by molar-refractivity contribution is 0.378. The monoisotopic (exact) mass is 336 g/mol. The van der Waals surface area contributed by atoms with Gasteiger partial charge in [0.15, 0.2) is 0 Å². The normalized spacial score (nSPS) is 11.0. The Morgan fingerprint density at radius 3 is 2.82 bits per heavy atom. The van der Waals surface area contributed by atoms with E-state index < -0.39 is 0 Å². The first-order valence-electron chi connectivity index (χ1n) is 6.66. The van der Waals surface area contributed by atoms with Crippen LogP contribution >= 0.6 is 23.4 Å². The summed E-state index contributed by atoms with van der Waals surface area (Å²) in [5.41, 5.74) is 0.888. The first-order chi connectivity index (χ1) is 10.7. The summed E-state index contributed by atoms with van der Waals surface area (Å²) in [5.74, 6) is 2.09. The van der Waals surface area contributed by atoms with Crippen molar-refractivity contribution in [1.29, 1.82) is 0 Å². The molecule has 0 radical (unpaired) electrons. The maximum Gasteiger partial charge on any atom is 0.226 e. The number of tetrazole rings is 1. The van der Waals surface area contributed by atoms with Gasteiger partial charge in [0, 0.05) is 29.8 Å². The highest BCUT2D eigenvalue weighted by atomic mass is 35.5. The van der Waals surface area contributed by atoms with E-state index in [9.17, 15) is 0 Å². The molecule has 0 fully saturated rings. The highest BCUT2D eigenvalue weighted by molar-refractivity contribution is 7.99. The fourth-order valence-corrected chi connectivity index (χ4v) is 2.72. The van der Waals surface area contributed by atoms with E-state index in [0.717, 1.165) is 29.3 Å². The minimum atomic E-state index is 0.580. The molecule has 2 heterocycles. The van der Waals surface area contributed by atoms with Gasteiger partial charge >= 0.3 is 0 Å². The molecule has 0 saturated heterocycles. The zero-order valence-electron chi connectivity index (χ0n) is 11.8. The minimum absolute atomic E-state index is 0.580. The molecule has 0 unspecified atom stereocenters. The lowest BCUT2D eigenvalue weighted by Gasteiger charge is -1.97. The highest BCUT2D eigenvalue weighted by Gasteiger charge is 2.09. The standard InChI is InChI=1S/C13H13ClN6OS/c1-20-13(16-18-19-20)22-8-2-3-11-15-12(17-21-11)9-4-6-10(14)7-5-9/h4-7H,2-3,8H2,1H3. The summed E-state index contributed by atoms with van der Waals surface area (Å²) in [7, 11) is 1.82. The maximum absolute atomic E-state index is 5.86. The Bertz CT molecular complexity index is 741. The Balaban J connectivity index is 1.51. The Morgan fingerprint density at radius 1 is 1.27 bits per heavy atom. The van der Waals surface area contributed by atoms with Crippen molar-refractivity contribution < 1.29 is 4.52 Å². The van der Waals surface area contributed by atoms with E-state index in [4.69, 9.17) is 16.1 Å². The molecule has 0 bridgehead atoms. The SMILES string of the molecule is Cn1nnnc1SCCCc1nc(-c2ccc(Cl)cc2)no1. The molecule has 2 aromatic heterocycles. The Hall–Kier alpha value is -1.93. The molecule has 0 atom stereocenters. The molecule has 0 saturated carbocycles. The summed E-state index contributed by atoms with van der Waals surface area (Å²) in [6.07, 6.45) is 1.62. The van der Waals surface area contributed by atoms with Crippen LogP contribution < -0.4 is 0 Å². The molecule has 0 spiro atoms. The second-order valence-electron chi connectivity index (χ2n) is 4.56. The highest BCUT2D eigenvalue weighted by Crippen LogP contribution is 2.20. The van der Waals surface area contributed by atoms with Gasteiger partial charge in [-0.15, -0.1) is 5.10 Å². The molecule has 7 nitrogen and oxygen atoms in total. The summed E-state index contributed by atoms with van der Waals surface area (Å²) in [6.45, 7) is 0. The molecular weight excluding hydrogens is 324 g/mol. The summed E-state index contributed by atoms with van der Waals surface area (Å²) < 4.78 is 6.91. The fraction of sp³-hybridized carbons (Fsp3) is 0.308. The second-order valence-corrected chi connectivity index (χ2v) is 6.05. The lowest BCUT2D eigenvalue weighted by Crippen LogP contribution is -1.95. The Labute approximate surface area is 136 Å². The number of aryl methyl sites for hydroxylation is 2. The van der Waals surface area contributed by atoms with Crippen molar-refractivity contribution in [3.8, 4) is 11.4 Å². The van der Waals surface area contributed by atoms with Crippen LogP contribution in [-0.4, -0.2) is 36.1 Å². The van der Waals surface area contributed by atoms with E-state index in [-0.39, 0.29) is 0 Å². The molecule has 3 aromatic rings. The van der Waals surface area contributed by atoms with Gasteiger partial charge in [0.2, 0.25) is 16.9 Å². The van der Waals surface area contributed by atoms with E-state index in [1.807, 2.05) is 19.2 Å². The van der Waals surface area contributed by atoms with Crippen molar-refractivity contribution in [2.45, 2.75) is 18.0 Å². The van der Waals surface area contributed by atoms with Gasteiger partial charge in [0.05, 0.1) is 0 Å². The van der Waals surface area contributed by atoms with Gasteiger partial charge in [-0.1, -0.05) is 28.5 Å². The third kappa shape index (κ3) is 3.63. The molecule has 0 amide bonds. The topological polar surface area (TPSA) is 82.5 Å².